The Kier molecular flexibility index (Phi) is 17.9. The topological polar surface area (TPSA) is 0 Å². The summed E-state index contributed by atoms with van der Waals surface area (Å²) in [5, 5.41) is 1.67. The van der Waals surface area contributed by atoms with Gasteiger partial charge in [-0.1, -0.05) is 138 Å². The van der Waals surface area contributed by atoms with Gasteiger partial charge in [-0.3, -0.25) is 0 Å². The van der Waals surface area contributed by atoms with E-state index in [1.165, 1.54) is 44.5 Å². The minimum absolute atomic E-state index is 0. The van der Waals surface area contributed by atoms with Crippen LogP contribution in [0.1, 0.15) is 77.6 Å². The SMILES string of the molecule is CCc1[c-]c2ccccc(-c3ccc(C(C)(C)C)c(Cl)c3)c-2c1.CCc1[c-]c2ccccc(-c3ccc(C(C)(C)C)c(Cl)c3)c-2c1.C[Si](C)=[Zr+2].Cl.Cl. The van der Waals surface area contributed by atoms with E-state index in [0.717, 1.165) is 45.1 Å². The molecule has 0 heterocycles. The van der Waals surface area contributed by atoms with Gasteiger partial charge in [-0.05, 0) is 58.1 Å². The van der Waals surface area contributed by atoms with Gasteiger partial charge >= 0.3 is 41.9 Å². The van der Waals surface area contributed by atoms with Crippen LogP contribution in [0.15, 0.2) is 97.1 Å². The van der Waals surface area contributed by atoms with Gasteiger partial charge in [0.1, 0.15) is 0 Å². The van der Waals surface area contributed by atoms with Crippen LogP contribution < -0.4 is 0 Å². The first-order valence-corrected chi connectivity index (χ1v) is 24.5. The zero-order chi connectivity index (χ0) is 36.8. The fraction of sp³-hybridized carbons (Fsp3) is 0.304. The molecule has 0 aromatic heterocycles. The quantitative estimate of drug-likeness (QED) is 0.122. The van der Waals surface area contributed by atoms with Crippen LogP contribution >= 0.6 is 48.0 Å². The first-order valence-electron chi connectivity index (χ1n) is 17.5. The average molecular weight is 866 g/mol. The van der Waals surface area contributed by atoms with Crippen LogP contribution in [0.2, 0.25) is 23.1 Å². The van der Waals surface area contributed by atoms with E-state index in [-0.39, 0.29) is 41.1 Å². The van der Waals surface area contributed by atoms with E-state index >= 15 is 0 Å². The molecule has 0 nitrogen and oxygen atoms in total. The van der Waals surface area contributed by atoms with Crippen LogP contribution in [0, 0.1) is 12.1 Å². The number of hydrogen-bond donors (Lipinski definition) is 0. The third kappa shape index (κ3) is 12.1. The van der Waals surface area contributed by atoms with Gasteiger partial charge in [0, 0.05) is 10.0 Å². The number of benzene rings is 2. The van der Waals surface area contributed by atoms with Crippen LogP contribution in [-0.4, -0.2) is 5.43 Å². The van der Waals surface area contributed by atoms with Gasteiger partial charge in [0.2, 0.25) is 0 Å². The summed E-state index contributed by atoms with van der Waals surface area (Å²) in [7, 11) is 0. The summed E-state index contributed by atoms with van der Waals surface area (Å²) in [4.78, 5) is 0. The third-order valence-electron chi connectivity index (χ3n) is 8.60. The van der Waals surface area contributed by atoms with Gasteiger partial charge in [-0.2, -0.15) is 23.3 Å². The molecule has 0 fully saturated rings. The van der Waals surface area contributed by atoms with E-state index in [1.807, 2.05) is 0 Å². The standard InChI is InChI=1S/2C22H22Cl.C2H6Si.2ClH.Zr/c2*1-5-15-12-16-8-6-7-9-18(19(16)13-15)17-10-11-20(21(23)14-17)22(2,3)4;1-3-2;;;/h2*6-11,13-14H,5H2,1-4H3;1-2H3;2*1H;/q2*-1;;;;+2. The van der Waals surface area contributed by atoms with Gasteiger partial charge < -0.3 is 0 Å². The van der Waals surface area contributed by atoms with E-state index < -0.39 is 0 Å². The van der Waals surface area contributed by atoms with Crippen molar-refractivity contribution in [1.82, 2.24) is 0 Å². The van der Waals surface area contributed by atoms with Crippen molar-refractivity contribution in [3.05, 3.63) is 141 Å². The minimum Gasteiger partial charge on any atom is -0.147 e. The molecule has 0 saturated heterocycles. The Hall–Kier alpha value is -1.90. The fourth-order valence-corrected chi connectivity index (χ4v) is 6.95. The zero-order valence-electron chi connectivity index (χ0n) is 32.2. The van der Waals surface area contributed by atoms with Gasteiger partial charge in [0.25, 0.3) is 0 Å². The Morgan fingerprint density at radius 1 is 0.538 bits per heavy atom. The van der Waals surface area contributed by atoms with E-state index in [0.29, 0.717) is 0 Å². The molecule has 0 aliphatic heterocycles. The van der Waals surface area contributed by atoms with Gasteiger partial charge in [0.15, 0.2) is 0 Å². The Morgan fingerprint density at radius 2 is 0.865 bits per heavy atom. The minimum atomic E-state index is 0. The monoisotopic (exact) mass is 862 g/mol. The summed E-state index contributed by atoms with van der Waals surface area (Å²) in [5.74, 6) is 0. The second-order valence-electron chi connectivity index (χ2n) is 15.1. The molecule has 2 aromatic carbocycles. The second kappa shape index (κ2) is 20.1. The van der Waals surface area contributed by atoms with Crippen LogP contribution in [0.5, 0.6) is 0 Å². The fourth-order valence-electron chi connectivity index (χ4n) is 6.02. The molecule has 52 heavy (non-hydrogen) atoms. The van der Waals surface area contributed by atoms with Crippen molar-refractivity contribution in [3.8, 4) is 44.5 Å². The first-order chi connectivity index (χ1) is 23.5. The summed E-state index contributed by atoms with van der Waals surface area (Å²) in [6.45, 7) is 22.1. The molecule has 4 aliphatic rings. The number of rotatable bonds is 4. The number of fused-ring (bicyclic) bond motifs is 2. The zero-order valence-corrected chi connectivity index (χ0v) is 38.8. The third-order valence-corrected chi connectivity index (χ3v) is 9.23. The van der Waals surface area contributed by atoms with Crippen molar-refractivity contribution in [2.24, 2.45) is 0 Å². The molecule has 0 amide bonds. The van der Waals surface area contributed by atoms with Crippen molar-refractivity contribution >= 4 is 53.4 Å². The van der Waals surface area contributed by atoms with Gasteiger partial charge in [0.05, 0.1) is 0 Å². The van der Waals surface area contributed by atoms with Crippen LogP contribution in [0.3, 0.4) is 0 Å². The molecular formula is C46H52Cl4SiZr. The summed E-state index contributed by atoms with van der Waals surface area (Å²) >= 11 is 14.9. The Bertz CT molecular complexity index is 1870. The first kappa shape index (κ1) is 46.3. The van der Waals surface area contributed by atoms with Crippen molar-refractivity contribution in [2.75, 3.05) is 0 Å². The molecule has 0 spiro atoms. The molecule has 0 radical (unpaired) electrons. The predicted molar refractivity (Wildman–Crippen MR) is 233 cm³/mol. The molecule has 6 rings (SSSR count). The molecule has 0 unspecified atom stereocenters. The van der Waals surface area contributed by atoms with Crippen LogP contribution in [-0.2, 0) is 47.0 Å². The van der Waals surface area contributed by atoms with Crippen LogP contribution in [0.25, 0.3) is 44.5 Å². The predicted octanol–water partition coefficient (Wildman–Crippen LogP) is 15.2. The molecule has 0 bridgehead atoms. The van der Waals surface area contributed by atoms with Crippen molar-refractivity contribution in [3.63, 3.8) is 0 Å². The van der Waals surface area contributed by atoms with Gasteiger partial charge in [-0.25, -0.2) is 0 Å². The molecule has 2 aromatic rings. The summed E-state index contributed by atoms with van der Waals surface area (Å²) < 4.78 is 0. The molecule has 0 atom stereocenters. The summed E-state index contributed by atoms with van der Waals surface area (Å²) in [6, 6.07) is 41.2. The molecule has 0 N–H and O–H groups in total. The molecule has 4 aliphatic carbocycles. The molecule has 6 heteroatoms. The Morgan fingerprint density at radius 3 is 1.15 bits per heavy atom. The largest absolute Gasteiger partial charge is 0.147 e. The van der Waals surface area contributed by atoms with Crippen molar-refractivity contribution in [2.45, 2.75) is 92.2 Å². The van der Waals surface area contributed by atoms with E-state index in [9.17, 15) is 0 Å². The summed E-state index contributed by atoms with van der Waals surface area (Å²) in [6.07, 6.45) is 2.00. The maximum atomic E-state index is 6.57. The number of aryl methyl sites for hydroxylation is 2. The smallest absolute Gasteiger partial charge is 0.147 e. The van der Waals surface area contributed by atoms with E-state index in [2.05, 4.69) is 178 Å². The Balaban J connectivity index is 0.000000316. The maximum absolute atomic E-state index is 6.57. The Labute approximate surface area is 352 Å². The average Bonchev–Trinajstić information content (AvgIpc) is 3.51. The van der Waals surface area contributed by atoms with Crippen molar-refractivity contribution < 1.29 is 23.3 Å². The van der Waals surface area contributed by atoms with Gasteiger partial charge in [-0.15, -0.1) is 83.5 Å². The second-order valence-corrected chi connectivity index (χ2v) is 25.3. The summed E-state index contributed by atoms with van der Waals surface area (Å²) in [5.41, 5.74) is 14.7. The van der Waals surface area contributed by atoms with Crippen molar-refractivity contribution in [1.29, 1.82) is 0 Å². The molecular weight excluding hydrogens is 814 g/mol. The number of halogens is 4. The number of hydrogen-bond acceptors (Lipinski definition) is 0. The van der Waals surface area contributed by atoms with E-state index in [4.69, 9.17) is 23.2 Å². The van der Waals surface area contributed by atoms with Crippen LogP contribution in [0.4, 0.5) is 0 Å². The maximum Gasteiger partial charge on any atom is -0.147 e. The normalized spacial score (nSPS) is 11.0. The molecule has 272 valence electrons. The van der Waals surface area contributed by atoms with E-state index in [1.54, 1.807) is 23.3 Å². The molecule has 0 saturated carbocycles.